The number of ether oxygens (including phenoxy) is 1. The van der Waals surface area contributed by atoms with Crippen LogP contribution in [-0.2, 0) is 4.84 Å². The van der Waals surface area contributed by atoms with E-state index in [2.05, 4.69) is 5.48 Å². The average molecular weight is 246 g/mol. The number of nitrogens with one attached hydrogen (secondary N) is 1. The van der Waals surface area contributed by atoms with Crippen LogP contribution >= 0.6 is 11.6 Å². The molecule has 1 unspecified atom stereocenters. The molecule has 1 aliphatic rings. The molecule has 1 N–H and O–H groups in total. The summed E-state index contributed by atoms with van der Waals surface area (Å²) in [5.41, 5.74) is 3.59. The van der Waals surface area contributed by atoms with E-state index in [1.165, 1.54) is 13.2 Å². The van der Waals surface area contributed by atoms with Crippen LogP contribution in [0.1, 0.15) is 24.4 Å². The molecule has 16 heavy (non-hydrogen) atoms. The Morgan fingerprint density at radius 2 is 2.38 bits per heavy atom. The molecule has 1 heterocycles. The van der Waals surface area contributed by atoms with Gasteiger partial charge in [-0.05, 0) is 18.9 Å². The lowest BCUT2D eigenvalue weighted by atomic mass is 10.0. The molecular formula is C11H13ClFNO2. The Morgan fingerprint density at radius 1 is 1.56 bits per heavy atom. The maximum absolute atomic E-state index is 13.8. The van der Waals surface area contributed by atoms with Gasteiger partial charge in [0.05, 0.1) is 24.8 Å². The molecule has 0 radical (unpaired) electrons. The smallest absolute Gasteiger partial charge is 0.183 e. The summed E-state index contributed by atoms with van der Waals surface area (Å²) in [6.07, 6.45) is 1.68. The largest absolute Gasteiger partial charge is 0.490 e. The number of rotatable bonds is 2. The molecule has 88 valence electrons. The first-order valence-electron chi connectivity index (χ1n) is 5.13. The molecule has 0 saturated heterocycles. The molecule has 0 saturated carbocycles. The van der Waals surface area contributed by atoms with E-state index < -0.39 is 5.82 Å². The Morgan fingerprint density at radius 3 is 3.12 bits per heavy atom. The van der Waals surface area contributed by atoms with E-state index in [0.29, 0.717) is 6.61 Å². The van der Waals surface area contributed by atoms with Crippen molar-refractivity contribution in [3.05, 3.63) is 28.5 Å². The summed E-state index contributed by atoms with van der Waals surface area (Å²) in [5, 5.41) is 0.0804. The summed E-state index contributed by atoms with van der Waals surface area (Å²) in [4.78, 5) is 4.90. The molecule has 0 bridgehead atoms. The molecule has 1 aromatic rings. The summed E-state index contributed by atoms with van der Waals surface area (Å²) < 4.78 is 19.1. The van der Waals surface area contributed by atoms with Crippen LogP contribution in [0.4, 0.5) is 4.39 Å². The van der Waals surface area contributed by atoms with Crippen molar-refractivity contribution in [2.75, 3.05) is 13.7 Å². The van der Waals surface area contributed by atoms with Gasteiger partial charge in [-0.2, -0.15) is 5.48 Å². The molecule has 0 fully saturated rings. The van der Waals surface area contributed by atoms with Crippen LogP contribution in [-0.4, -0.2) is 13.7 Å². The molecule has 1 aromatic carbocycles. The van der Waals surface area contributed by atoms with Crippen molar-refractivity contribution in [1.29, 1.82) is 0 Å². The fraction of sp³-hybridized carbons (Fsp3) is 0.455. The predicted octanol–water partition coefficient (Wildman–Crippen LogP) is 2.84. The van der Waals surface area contributed by atoms with Gasteiger partial charge in [-0.15, -0.1) is 0 Å². The zero-order valence-electron chi connectivity index (χ0n) is 8.93. The quantitative estimate of drug-likeness (QED) is 0.813. The van der Waals surface area contributed by atoms with Crippen LogP contribution in [0.15, 0.2) is 12.1 Å². The summed E-state index contributed by atoms with van der Waals surface area (Å²) in [7, 11) is 1.54. The van der Waals surface area contributed by atoms with Crippen molar-refractivity contribution in [3.63, 3.8) is 0 Å². The minimum atomic E-state index is -0.496. The van der Waals surface area contributed by atoms with Gasteiger partial charge in [0.2, 0.25) is 0 Å². The lowest BCUT2D eigenvalue weighted by Crippen LogP contribution is -2.19. The average Bonchev–Trinajstić information content (AvgIpc) is 2.48. The molecule has 1 atom stereocenters. The molecule has 0 aromatic heterocycles. The van der Waals surface area contributed by atoms with Crippen molar-refractivity contribution in [3.8, 4) is 5.75 Å². The summed E-state index contributed by atoms with van der Waals surface area (Å²) >= 11 is 5.72. The molecular weight excluding hydrogens is 233 g/mol. The second kappa shape index (κ2) is 4.99. The Labute approximate surface area is 98.5 Å². The SMILES string of the molecule is CONC1CCCOc2c1ccc(Cl)c2F. The summed E-state index contributed by atoms with van der Waals surface area (Å²) in [5.74, 6) is -0.261. The molecule has 5 heteroatoms. The number of hydrogen-bond acceptors (Lipinski definition) is 3. The van der Waals surface area contributed by atoms with Crippen LogP contribution in [0, 0.1) is 5.82 Å². The monoisotopic (exact) mass is 245 g/mol. The van der Waals surface area contributed by atoms with E-state index in [0.717, 1.165) is 18.4 Å². The van der Waals surface area contributed by atoms with Gasteiger partial charge in [-0.25, -0.2) is 4.39 Å². The van der Waals surface area contributed by atoms with Gasteiger partial charge in [0.25, 0.3) is 0 Å². The molecule has 3 nitrogen and oxygen atoms in total. The van der Waals surface area contributed by atoms with Crippen molar-refractivity contribution in [2.45, 2.75) is 18.9 Å². The third kappa shape index (κ3) is 2.14. The van der Waals surface area contributed by atoms with Gasteiger partial charge in [-0.1, -0.05) is 17.7 Å². The van der Waals surface area contributed by atoms with Crippen LogP contribution in [0.5, 0.6) is 5.75 Å². The second-order valence-corrected chi connectivity index (χ2v) is 4.05. The first kappa shape index (κ1) is 11.6. The van der Waals surface area contributed by atoms with E-state index in [4.69, 9.17) is 21.2 Å². The number of benzene rings is 1. The van der Waals surface area contributed by atoms with Crippen LogP contribution < -0.4 is 10.2 Å². The molecule has 1 aliphatic heterocycles. The van der Waals surface area contributed by atoms with Gasteiger partial charge in [0, 0.05) is 5.56 Å². The van der Waals surface area contributed by atoms with Crippen LogP contribution in [0.3, 0.4) is 0 Å². The van der Waals surface area contributed by atoms with Gasteiger partial charge in [0.1, 0.15) is 0 Å². The van der Waals surface area contributed by atoms with E-state index in [-0.39, 0.29) is 16.8 Å². The van der Waals surface area contributed by atoms with Gasteiger partial charge in [-0.3, -0.25) is 0 Å². The Hall–Kier alpha value is -0.840. The lowest BCUT2D eigenvalue weighted by molar-refractivity contribution is 0.0579. The van der Waals surface area contributed by atoms with Crippen molar-refractivity contribution < 1.29 is 14.0 Å². The normalized spacial score (nSPS) is 19.8. The molecule has 0 aliphatic carbocycles. The lowest BCUT2D eigenvalue weighted by Gasteiger charge is -2.17. The van der Waals surface area contributed by atoms with Gasteiger partial charge < -0.3 is 9.57 Å². The van der Waals surface area contributed by atoms with E-state index in [1.54, 1.807) is 6.07 Å². The van der Waals surface area contributed by atoms with Crippen LogP contribution in [0.25, 0.3) is 0 Å². The number of halogens is 2. The number of hydroxylamine groups is 1. The standard InChI is InChI=1S/C11H13ClFNO2/c1-15-14-9-3-2-6-16-11-7(9)4-5-8(12)10(11)13/h4-5,9,14H,2-3,6H2,1H3. The summed E-state index contributed by atoms with van der Waals surface area (Å²) in [6, 6.07) is 3.24. The third-order valence-electron chi connectivity index (χ3n) is 2.60. The first-order chi connectivity index (χ1) is 7.74. The van der Waals surface area contributed by atoms with E-state index in [9.17, 15) is 4.39 Å². The Kier molecular flexibility index (Phi) is 3.63. The number of fused-ring (bicyclic) bond motifs is 1. The maximum atomic E-state index is 13.8. The minimum absolute atomic E-state index is 0.0609. The highest BCUT2D eigenvalue weighted by molar-refractivity contribution is 6.30. The van der Waals surface area contributed by atoms with Crippen molar-refractivity contribution >= 4 is 11.6 Å². The first-order valence-corrected chi connectivity index (χ1v) is 5.51. The highest BCUT2D eigenvalue weighted by atomic mass is 35.5. The summed E-state index contributed by atoms with van der Waals surface area (Å²) in [6.45, 7) is 0.492. The highest BCUT2D eigenvalue weighted by Crippen LogP contribution is 2.36. The molecule has 2 rings (SSSR count). The Balaban J connectivity index is 2.42. The van der Waals surface area contributed by atoms with Crippen LogP contribution in [0.2, 0.25) is 5.02 Å². The fourth-order valence-corrected chi connectivity index (χ4v) is 2.00. The fourth-order valence-electron chi connectivity index (χ4n) is 1.85. The minimum Gasteiger partial charge on any atom is -0.490 e. The van der Waals surface area contributed by atoms with Gasteiger partial charge >= 0.3 is 0 Å². The predicted molar refractivity (Wildman–Crippen MR) is 59.0 cm³/mol. The molecule has 0 amide bonds. The number of hydrogen-bond donors (Lipinski definition) is 1. The Bertz CT molecular complexity index is 386. The highest BCUT2D eigenvalue weighted by Gasteiger charge is 2.23. The van der Waals surface area contributed by atoms with Crippen molar-refractivity contribution in [1.82, 2.24) is 5.48 Å². The zero-order chi connectivity index (χ0) is 11.5. The topological polar surface area (TPSA) is 30.5 Å². The van der Waals surface area contributed by atoms with E-state index >= 15 is 0 Å². The second-order valence-electron chi connectivity index (χ2n) is 3.64. The van der Waals surface area contributed by atoms with Gasteiger partial charge in [0.15, 0.2) is 11.6 Å². The zero-order valence-corrected chi connectivity index (χ0v) is 9.68. The molecule has 0 spiro atoms. The van der Waals surface area contributed by atoms with Crippen molar-refractivity contribution in [2.24, 2.45) is 0 Å². The maximum Gasteiger partial charge on any atom is 0.183 e. The van der Waals surface area contributed by atoms with E-state index in [1.807, 2.05) is 0 Å². The third-order valence-corrected chi connectivity index (χ3v) is 2.89.